The van der Waals surface area contributed by atoms with Gasteiger partial charge in [0, 0.05) is 43.8 Å². The van der Waals surface area contributed by atoms with Crippen LogP contribution in [-0.4, -0.2) is 79.1 Å². The van der Waals surface area contributed by atoms with Gasteiger partial charge in [-0.05, 0) is 52.7 Å². The number of nitrogens with zero attached hydrogens (tertiary/aromatic N) is 3. The molecule has 3 fully saturated rings. The maximum atomic E-state index is 6.21. The van der Waals surface area contributed by atoms with E-state index in [9.17, 15) is 0 Å². The maximum Gasteiger partial charge on any atom is 0.0471 e. The first kappa shape index (κ1) is 13.8. The first-order valence-corrected chi connectivity index (χ1v) is 8.00. The Morgan fingerprint density at radius 2 is 2.05 bits per heavy atom. The molecule has 2 unspecified atom stereocenters. The summed E-state index contributed by atoms with van der Waals surface area (Å²) in [5.74, 6) is 0. The fourth-order valence-electron chi connectivity index (χ4n) is 4.08. The molecule has 3 aliphatic rings. The molecule has 0 spiro atoms. The Hall–Kier alpha value is -0.160. The van der Waals surface area contributed by atoms with Crippen LogP contribution in [0.1, 0.15) is 32.1 Å². The standard InChI is InChI=1S/C15H30N4/c1-17-8-3-4-14(10-17)18(2)15(11-16)7-9-19(12-15)13-5-6-13/h13-14H,3-12,16H2,1-2H3. The first-order valence-electron chi connectivity index (χ1n) is 8.00. The molecule has 2 heterocycles. The van der Waals surface area contributed by atoms with Crippen molar-refractivity contribution >= 4 is 0 Å². The molecule has 4 nitrogen and oxygen atoms in total. The number of hydrogen-bond donors (Lipinski definition) is 1. The van der Waals surface area contributed by atoms with Gasteiger partial charge in [0.2, 0.25) is 0 Å². The number of piperidine rings is 1. The third-order valence-corrected chi connectivity index (χ3v) is 5.70. The minimum Gasteiger partial charge on any atom is -0.329 e. The van der Waals surface area contributed by atoms with Crippen LogP contribution in [0.15, 0.2) is 0 Å². The molecular weight excluding hydrogens is 236 g/mol. The van der Waals surface area contributed by atoms with Gasteiger partial charge in [0.15, 0.2) is 0 Å². The van der Waals surface area contributed by atoms with Gasteiger partial charge in [0.25, 0.3) is 0 Å². The fourth-order valence-corrected chi connectivity index (χ4v) is 4.08. The summed E-state index contributed by atoms with van der Waals surface area (Å²) in [6.07, 6.45) is 6.76. The molecule has 2 aliphatic heterocycles. The predicted octanol–water partition coefficient (Wildman–Crippen LogP) is 0.578. The Kier molecular flexibility index (Phi) is 3.87. The summed E-state index contributed by atoms with van der Waals surface area (Å²) in [5.41, 5.74) is 6.45. The average Bonchev–Trinajstić information content (AvgIpc) is 3.18. The van der Waals surface area contributed by atoms with E-state index in [1.54, 1.807) is 0 Å². The van der Waals surface area contributed by atoms with Crippen molar-refractivity contribution in [2.45, 2.75) is 49.7 Å². The Labute approximate surface area is 117 Å². The van der Waals surface area contributed by atoms with Crippen LogP contribution in [0.2, 0.25) is 0 Å². The zero-order chi connectivity index (χ0) is 13.5. The van der Waals surface area contributed by atoms with Crippen molar-refractivity contribution in [3.8, 4) is 0 Å². The van der Waals surface area contributed by atoms with Gasteiger partial charge in [0.1, 0.15) is 0 Å². The minimum absolute atomic E-state index is 0.242. The highest BCUT2D eigenvalue weighted by atomic mass is 15.3. The number of rotatable bonds is 4. The monoisotopic (exact) mass is 266 g/mol. The molecule has 19 heavy (non-hydrogen) atoms. The molecule has 2 atom stereocenters. The molecule has 2 saturated heterocycles. The second kappa shape index (κ2) is 5.32. The van der Waals surface area contributed by atoms with Crippen LogP contribution in [0, 0.1) is 0 Å². The van der Waals surface area contributed by atoms with Crippen LogP contribution in [0.4, 0.5) is 0 Å². The van der Waals surface area contributed by atoms with E-state index < -0.39 is 0 Å². The minimum atomic E-state index is 0.242. The average molecular weight is 266 g/mol. The lowest BCUT2D eigenvalue weighted by molar-refractivity contribution is 0.0422. The van der Waals surface area contributed by atoms with E-state index >= 15 is 0 Å². The van der Waals surface area contributed by atoms with E-state index in [1.165, 1.54) is 58.3 Å². The van der Waals surface area contributed by atoms with Crippen LogP contribution in [0.25, 0.3) is 0 Å². The van der Waals surface area contributed by atoms with E-state index in [1.807, 2.05) is 0 Å². The van der Waals surface area contributed by atoms with E-state index in [0.29, 0.717) is 6.04 Å². The van der Waals surface area contributed by atoms with Gasteiger partial charge in [-0.2, -0.15) is 0 Å². The van der Waals surface area contributed by atoms with Crippen molar-refractivity contribution in [1.82, 2.24) is 14.7 Å². The molecular formula is C15H30N4. The quantitative estimate of drug-likeness (QED) is 0.807. The van der Waals surface area contributed by atoms with E-state index in [0.717, 1.165) is 12.6 Å². The lowest BCUT2D eigenvalue weighted by atomic mass is 9.92. The van der Waals surface area contributed by atoms with Crippen molar-refractivity contribution in [2.75, 3.05) is 46.8 Å². The number of hydrogen-bond acceptors (Lipinski definition) is 4. The summed E-state index contributed by atoms with van der Waals surface area (Å²) in [6, 6.07) is 1.58. The highest BCUT2D eigenvalue weighted by molar-refractivity contribution is 5.04. The summed E-state index contributed by atoms with van der Waals surface area (Å²) >= 11 is 0. The van der Waals surface area contributed by atoms with Gasteiger partial charge in [-0.1, -0.05) is 0 Å². The van der Waals surface area contributed by atoms with Crippen LogP contribution in [0.3, 0.4) is 0 Å². The molecule has 3 rings (SSSR count). The summed E-state index contributed by atoms with van der Waals surface area (Å²) < 4.78 is 0. The van der Waals surface area contributed by atoms with Crippen molar-refractivity contribution < 1.29 is 0 Å². The zero-order valence-corrected chi connectivity index (χ0v) is 12.6. The Morgan fingerprint density at radius 3 is 2.68 bits per heavy atom. The van der Waals surface area contributed by atoms with Gasteiger partial charge < -0.3 is 10.6 Å². The van der Waals surface area contributed by atoms with Gasteiger partial charge >= 0.3 is 0 Å². The summed E-state index contributed by atoms with van der Waals surface area (Å²) in [5, 5.41) is 0. The first-order chi connectivity index (χ1) is 9.14. The third kappa shape index (κ3) is 2.68. The molecule has 1 aliphatic carbocycles. The maximum absolute atomic E-state index is 6.21. The molecule has 0 bridgehead atoms. The highest BCUT2D eigenvalue weighted by Gasteiger charge is 2.46. The fraction of sp³-hybridized carbons (Fsp3) is 1.00. The van der Waals surface area contributed by atoms with Crippen LogP contribution in [-0.2, 0) is 0 Å². The van der Waals surface area contributed by atoms with Crippen molar-refractivity contribution in [2.24, 2.45) is 5.73 Å². The van der Waals surface area contributed by atoms with Crippen LogP contribution >= 0.6 is 0 Å². The topological polar surface area (TPSA) is 35.7 Å². The molecule has 2 N–H and O–H groups in total. The van der Waals surface area contributed by atoms with Crippen molar-refractivity contribution in [3.05, 3.63) is 0 Å². The molecule has 0 aromatic carbocycles. The van der Waals surface area contributed by atoms with Crippen LogP contribution in [0.5, 0.6) is 0 Å². The lowest BCUT2D eigenvalue weighted by Crippen LogP contribution is -2.60. The van der Waals surface area contributed by atoms with Crippen molar-refractivity contribution in [1.29, 1.82) is 0 Å². The number of likely N-dealkylation sites (tertiary alicyclic amines) is 2. The normalized spacial score (nSPS) is 38.2. The van der Waals surface area contributed by atoms with Gasteiger partial charge in [-0.3, -0.25) is 9.80 Å². The van der Waals surface area contributed by atoms with E-state index in [4.69, 9.17) is 5.73 Å². The number of nitrogens with two attached hydrogens (primary N) is 1. The molecule has 0 radical (unpaired) electrons. The smallest absolute Gasteiger partial charge is 0.0471 e. The second-order valence-electron chi connectivity index (χ2n) is 7.05. The van der Waals surface area contributed by atoms with Crippen LogP contribution < -0.4 is 5.73 Å². The lowest BCUT2D eigenvalue weighted by Gasteiger charge is -2.46. The Bertz CT molecular complexity index is 317. The van der Waals surface area contributed by atoms with Gasteiger partial charge in [0.05, 0.1) is 0 Å². The molecule has 0 amide bonds. The van der Waals surface area contributed by atoms with Gasteiger partial charge in [-0.25, -0.2) is 0 Å². The number of likely N-dealkylation sites (N-methyl/N-ethyl adjacent to an activating group) is 2. The Balaban J connectivity index is 1.66. The summed E-state index contributed by atoms with van der Waals surface area (Å²) in [7, 11) is 4.58. The summed E-state index contributed by atoms with van der Waals surface area (Å²) in [6.45, 7) is 5.74. The van der Waals surface area contributed by atoms with E-state index in [-0.39, 0.29) is 5.54 Å². The highest BCUT2D eigenvalue weighted by Crippen LogP contribution is 2.36. The Morgan fingerprint density at radius 1 is 1.26 bits per heavy atom. The van der Waals surface area contributed by atoms with Gasteiger partial charge in [-0.15, -0.1) is 0 Å². The molecule has 110 valence electrons. The molecule has 1 saturated carbocycles. The van der Waals surface area contributed by atoms with Crippen molar-refractivity contribution in [3.63, 3.8) is 0 Å². The zero-order valence-electron chi connectivity index (χ0n) is 12.6. The summed E-state index contributed by atoms with van der Waals surface area (Å²) in [4.78, 5) is 7.81. The molecule has 4 heteroatoms. The molecule has 0 aromatic rings. The molecule has 0 aromatic heterocycles. The predicted molar refractivity (Wildman–Crippen MR) is 79.3 cm³/mol. The SMILES string of the molecule is CN1CCCC(N(C)C2(CN)CCN(C3CC3)C2)C1. The largest absolute Gasteiger partial charge is 0.329 e. The van der Waals surface area contributed by atoms with E-state index in [2.05, 4.69) is 28.8 Å². The third-order valence-electron chi connectivity index (χ3n) is 5.70. The second-order valence-corrected chi connectivity index (χ2v) is 7.05.